The summed E-state index contributed by atoms with van der Waals surface area (Å²) >= 11 is 8.15. The molecule has 0 unspecified atom stereocenters. The molecule has 0 nitrogen and oxygen atoms in total. The van der Waals surface area contributed by atoms with Gasteiger partial charge in [-0.1, -0.05) is 6.42 Å². The first-order chi connectivity index (χ1) is 7.41. The second-order valence-electron chi connectivity index (χ2n) is 3.27. The van der Waals surface area contributed by atoms with Gasteiger partial charge >= 0.3 is 0 Å². The van der Waals surface area contributed by atoms with Crippen LogP contribution < -0.4 is 0 Å². The average Bonchev–Trinajstić information content (AvgIpc) is 2.26. The van der Waals surface area contributed by atoms with E-state index in [4.69, 9.17) is 0 Å². The van der Waals surface area contributed by atoms with Crippen molar-refractivity contribution in [2.75, 3.05) is 47.0 Å². The lowest BCUT2D eigenvalue weighted by molar-refractivity contribution is 0.786. The van der Waals surface area contributed by atoms with Gasteiger partial charge in [0.05, 0.1) is 0 Å². The van der Waals surface area contributed by atoms with Crippen molar-refractivity contribution < 1.29 is 0 Å². The van der Waals surface area contributed by atoms with Crippen molar-refractivity contribution in [1.29, 1.82) is 0 Å². The van der Waals surface area contributed by atoms with Gasteiger partial charge in [-0.05, 0) is 36.9 Å². The van der Waals surface area contributed by atoms with E-state index in [1.165, 1.54) is 53.8 Å². The van der Waals surface area contributed by atoms with E-state index in [0.717, 1.165) is 0 Å². The molecule has 0 atom stereocenters. The molecule has 0 rings (SSSR count). The summed E-state index contributed by atoms with van der Waals surface area (Å²) in [6, 6.07) is 0. The predicted octanol–water partition coefficient (Wildman–Crippen LogP) is 4.35. The van der Waals surface area contributed by atoms with E-state index in [1.54, 1.807) is 0 Å². The van der Waals surface area contributed by atoms with Crippen molar-refractivity contribution in [2.24, 2.45) is 0 Å². The fraction of sp³-hybridized carbons (Fsp3) is 1.00. The van der Waals surface area contributed by atoms with Crippen molar-refractivity contribution in [1.82, 2.24) is 0 Å². The minimum atomic E-state index is 1.31. The molecule has 0 amide bonds. The Morgan fingerprint density at radius 1 is 0.533 bits per heavy atom. The summed E-state index contributed by atoms with van der Waals surface area (Å²) in [5.41, 5.74) is 0. The van der Waals surface area contributed by atoms with Crippen LogP contribution in [0, 0.1) is 0 Å². The van der Waals surface area contributed by atoms with Gasteiger partial charge in [-0.2, -0.15) is 47.0 Å². The Morgan fingerprint density at radius 2 is 1.00 bits per heavy atom. The largest absolute Gasteiger partial charge is 0.165 e. The van der Waals surface area contributed by atoms with Gasteiger partial charge in [0.25, 0.3) is 0 Å². The highest BCUT2D eigenvalue weighted by Gasteiger charge is 1.92. The molecule has 0 fully saturated rings. The van der Waals surface area contributed by atoms with E-state index >= 15 is 0 Å². The van der Waals surface area contributed by atoms with Gasteiger partial charge in [-0.25, -0.2) is 0 Å². The first kappa shape index (κ1) is 16.4. The SMILES string of the molecule is CSCCSCCCCCSCCSC. The molecular weight excluding hydrogens is 260 g/mol. The summed E-state index contributed by atoms with van der Waals surface area (Å²) in [6.45, 7) is 0. The zero-order valence-electron chi connectivity index (χ0n) is 10.00. The topological polar surface area (TPSA) is 0 Å². The summed E-state index contributed by atoms with van der Waals surface area (Å²) in [5.74, 6) is 8.05. The second kappa shape index (κ2) is 15.4. The standard InChI is InChI=1S/C11H24S4/c1-12-8-10-14-6-4-3-5-7-15-11-9-13-2/h3-11H2,1-2H3. The smallest absolute Gasteiger partial charge is 0.00234 e. The molecule has 0 aromatic heterocycles. The molecule has 0 aliphatic rings. The van der Waals surface area contributed by atoms with Crippen molar-refractivity contribution in [3.05, 3.63) is 0 Å². The zero-order chi connectivity index (χ0) is 11.2. The lowest BCUT2D eigenvalue weighted by Crippen LogP contribution is -1.89. The van der Waals surface area contributed by atoms with Crippen LogP contribution in [0.1, 0.15) is 19.3 Å². The number of hydrogen-bond acceptors (Lipinski definition) is 4. The Balaban J connectivity index is 2.81. The Bertz CT molecular complexity index is 96.8. The maximum atomic E-state index is 2.19. The summed E-state index contributed by atoms with van der Waals surface area (Å²) in [5, 5.41) is 0. The zero-order valence-corrected chi connectivity index (χ0v) is 13.3. The van der Waals surface area contributed by atoms with Gasteiger partial charge < -0.3 is 0 Å². The van der Waals surface area contributed by atoms with Crippen LogP contribution in [0.3, 0.4) is 0 Å². The molecule has 0 N–H and O–H groups in total. The fourth-order valence-electron chi connectivity index (χ4n) is 1.07. The van der Waals surface area contributed by atoms with Gasteiger partial charge in [0.1, 0.15) is 0 Å². The molecule has 0 aliphatic carbocycles. The fourth-order valence-corrected chi connectivity index (χ4v) is 4.57. The normalized spacial score (nSPS) is 10.8. The third kappa shape index (κ3) is 15.4. The van der Waals surface area contributed by atoms with Gasteiger partial charge in [0, 0.05) is 23.0 Å². The van der Waals surface area contributed by atoms with Crippen LogP contribution in [0.5, 0.6) is 0 Å². The summed E-state index contributed by atoms with van der Waals surface area (Å²) < 4.78 is 0. The van der Waals surface area contributed by atoms with Crippen LogP contribution in [0.25, 0.3) is 0 Å². The molecule has 0 aromatic rings. The number of unbranched alkanes of at least 4 members (excludes halogenated alkanes) is 2. The molecule has 0 saturated carbocycles. The van der Waals surface area contributed by atoms with Crippen LogP contribution in [-0.4, -0.2) is 47.0 Å². The van der Waals surface area contributed by atoms with Gasteiger partial charge in [0.15, 0.2) is 0 Å². The van der Waals surface area contributed by atoms with E-state index in [9.17, 15) is 0 Å². The van der Waals surface area contributed by atoms with Gasteiger partial charge in [-0.3, -0.25) is 0 Å². The van der Waals surface area contributed by atoms with E-state index in [2.05, 4.69) is 36.0 Å². The first-order valence-corrected chi connectivity index (χ1v) is 10.6. The minimum absolute atomic E-state index is 1.31. The van der Waals surface area contributed by atoms with E-state index < -0.39 is 0 Å². The quantitative estimate of drug-likeness (QED) is 0.488. The Hall–Kier alpha value is 1.40. The van der Waals surface area contributed by atoms with Crippen LogP contribution >= 0.6 is 47.0 Å². The molecule has 4 heteroatoms. The Morgan fingerprint density at radius 3 is 1.40 bits per heavy atom. The van der Waals surface area contributed by atoms with E-state index in [1.807, 2.05) is 23.5 Å². The maximum Gasteiger partial charge on any atom is 0.00234 e. The Kier molecular flexibility index (Phi) is 16.8. The summed E-state index contributed by atoms with van der Waals surface area (Å²) in [4.78, 5) is 0. The van der Waals surface area contributed by atoms with Crippen LogP contribution in [-0.2, 0) is 0 Å². The molecule has 0 aliphatic heterocycles. The van der Waals surface area contributed by atoms with Crippen molar-refractivity contribution in [3.8, 4) is 0 Å². The number of hydrogen-bond donors (Lipinski definition) is 0. The lowest BCUT2D eigenvalue weighted by Gasteiger charge is -2.01. The minimum Gasteiger partial charge on any atom is -0.165 e. The second-order valence-corrected chi connectivity index (χ2v) is 7.69. The molecule has 0 saturated heterocycles. The molecule has 0 heterocycles. The average molecular weight is 285 g/mol. The third-order valence-corrected chi connectivity index (χ3v) is 5.82. The monoisotopic (exact) mass is 284 g/mol. The molecule has 15 heavy (non-hydrogen) atoms. The van der Waals surface area contributed by atoms with Crippen LogP contribution in [0.4, 0.5) is 0 Å². The van der Waals surface area contributed by atoms with Gasteiger partial charge in [0.2, 0.25) is 0 Å². The maximum absolute atomic E-state index is 2.19. The van der Waals surface area contributed by atoms with E-state index in [-0.39, 0.29) is 0 Å². The summed E-state index contributed by atoms with van der Waals surface area (Å²) in [7, 11) is 0. The highest BCUT2D eigenvalue weighted by molar-refractivity contribution is 8.02. The highest BCUT2D eigenvalue weighted by Crippen LogP contribution is 2.11. The van der Waals surface area contributed by atoms with Crippen molar-refractivity contribution >= 4 is 47.0 Å². The van der Waals surface area contributed by atoms with Gasteiger partial charge in [-0.15, -0.1) is 0 Å². The first-order valence-electron chi connectivity index (χ1n) is 5.55. The highest BCUT2D eigenvalue weighted by atomic mass is 32.2. The summed E-state index contributed by atoms with van der Waals surface area (Å²) in [6.07, 6.45) is 8.64. The molecule has 0 aromatic carbocycles. The predicted molar refractivity (Wildman–Crippen MR) is 85.3 cm³/mol. The molecule has 0 bridgehead atoms. The lowest BCUT2D eigenvalue weighted by atomic mass is 10.3. The molecule has 92 valence electrons. The van der Waals surface area contributed by atoms with Crippen molar-refractivity contribution in [2.45, 2.75) is 19.3 Å². The molecular formula is C11H24S4. The van der Waals surface area contributed by atoms with Crippen LogP contribution in [0.2, 0.25) is 0 Å². The number of rotatable bonds is 12. The van der Waals surface area contributed by atoms with Crippen LogP contribution in [0.15, 0.2) is 0 Å². The molecule has 0 spiro atoms. The molecule has 0 radical (unpaired) electrons. The number of thioether (sulfide) groups is 4. The van der Waals surface area contributed by atoms with Crippen molar-refractivity contribution in [3.63, 3.8) is 0 Å². The Labute approximate surface area is 113 Å². The third-order valence-electron chi connectivity index (χ3n) is 1.94. The van der Waals surface area contributed by atoms with E-state index in [0.29, 0.717) is 0 Å².